The minimum atomic E-state index is -0.592. The lowest BCUT2D eigenvalue weighted by molar-refractivity contribution is -0.122. The summed E-state index contributed by atoms with van der Waals surface area (Å²) in [6, 6.07) is 9.75. The zero-order valence-corrected chi connectivity index (χ0v) is 16.8. The first kappa shape index (κ1) is 18.4. The maximum atomic E-state index is 12.7. The molecule has 0 saturated heterocycles. The molecule has 1 aliphatic heterocycles. The number of benzene rings is 1. The van der Waals surface area contributed by atoms with Crippen LogP contribution < -0.4 is 10.6 Å². The molecule has 2 N–H and O–H groups in total. The number of nitrogen functional groups attached to an aromatic ring is 1. The molecule has 1 unspecified atom stereocenters. The second-order valence-electron chi connectivity index (χ2n) is 7.13. The Morgan fingerprint density at radius 1 is 1.32 bits per heavy atom. The zero-order valence-electron chi connectivity index (χ0n) is 16.0. The van der Waals surface area contributed by atoms with Crippen molar-refractivity contribution in [2.45, 2.75) is 33.2 Å². The Morgan fingerprint density at radius 2 is 2.07 bits per heavy atom. The molecule has 4 rings (SSSR count). The van der Waals surface area contributed by atoms with Gasteiger partial charge < -0.3 is 15.4 Å². The van der Waals surface area contributed by atoms with E-state index in [4.69, 9.17) is 10.5 Å². The van der Waals surface area contributed by atoms with Crippen molar-refractivity contribution < 1.29 is 14.3 Å². The number of aromatic nitrogens is 1. The molecule has 0 bridgehead atoms. The van der Waals surface area contributed by atoms with Crippen molar-refractivity contribution >= 4 is 44.8 Å². The molecule has 3 aromatic rings. The van der Waals surface area contributed by atoms with Crippen molar-refractivity contribution in [3.05, 3.63) is 52.0 Å². The van der Waals surface area contributed by atoms with E-state index in [2.05, 4.69) is 4.98 Å². The summed E-state index contributed by atoms with van der Waals surface area (Å²) in [5, 5.41) is 0.774. The van der Waals surface area contributed by atoms with Gasteiger partial charge in [0.1, 0.15) is 9.71 Å². The van der Waals surface area contributed by atoms with Crippen LogP contribution in [0.3, 0.4) is 0 Å². The number of hydrogen-bond acceptors (Lipinski definition) is 6. The quantitative estimate of drug-likeness (QED) is 0.685. The topological polar surface area (TPSA) is 85.5 Å². The standard InChI is InChI=1S/C21H21N3O3S/c1-11-8-12(2)23-20-17(11)18(22)19(28-20)21(26)27-10-16(25)24-13(3)9-14-6-4-5-7-15(14)24/h4-8,13H,9-10,22H2,1-3H3. The van der Waals surface area contributed by atoms with Gasteiger partial charge in [-0.15, -0.1) is 11.3 Å². The number of carbonyl (C=O) groups excluding carboxylic acids is 2. The van der Waals surface area contributed by atoms with E-state index in [-0.39, 0.29) is 18.6 Å². The molecule has 7 heteroatoms. The van der Waals surface area contributed by atoms with Crippen molar-refractivity contribution in [3.63, 3.8) is 0 Å². The minimum Gasteiger partial charge on any atom is -0.451 e. The highest BCUT2D eigenvalue weighted by molar-refractivity contribution is 7.21. The highest BCUT2D eigenvalue weighted by Crippen LogP contribution is 2.36. The van der Waals surface area contributed by atoms with Crippen molar-refractivity contribution in [1.29, 1.82) is 0 Å². The highest BCUT2D eigenvalue weighted by Gasteiger charge is 2.31. The molecule has 1 aliphatic rings. The van der Waals surface area contributed by atoms with Gasteiger partial charge in [-0.05, 0) is 50.5 Å². The number of ether oxygens (including phenoxy) is 1. The summed E-state index contributed by atoms with van der Waals surface area (Å²) in [6.07, 6.45) is 0.795. The summed E-state index contributed by atoms with van der Waals surface area (Å²) in [4.78, 5) is 32.5. The molecule has 144 valence electrons. The number of para-hydroxylation sites is 1. The van der Waals surface area contributed by atoms with Crippen LogP contribution in [0, 0.1) is 13.8 Å². The Labute approximate surface area is 166 Å². The van der Waals surface area contributed by atoms with Gasteiger partial charge in [0.05, 0.1) is 5.69 Å². The van der Waals surface area contributed by atoms with Gasteiger partial charge in [-0.1, -0.05) is 18.2 Å². The SMILES string of the molecule is Cc1cc(C)c2c(N)c(C(=O)OCC(=O)N3c4ccccc4CC3C)sc2n1. The molecule has 0 spiro atoms. The predicted molar refractivity (Wildman–Crippen MR) is 111 cm³/mol. The van der Waals surface area contributed by atoms with Crippen LogP contribution >= 0.6 is 11.3 Å². The maximum Gasteiger partial charge on any atom is 0.351 e. The lowest BCUT2D eigenvalue weighted by Crippen LogP contribution is -2.38. The number of nitrogens with two attached hydrogens (primary N) is 1. The molecule has 0 radical (unpaired) electrons. The number of anilines is 2. The number of hydrogen-bond donors (Lipinski definition) is 1. The van der Waals surface area contributed by atoms with E-state index >= 15 is 0 Å². The molecular weight excluding hydrogens is 374 g/mol. The van der Waals surface area contributed by atoms with Crippen LogP contribution in [-0.4, -0.2) is 29.5 Å². The molecule has 0 aliphatic carbocycles. The van der Waals surface area contributed by atoms with Gasteiger partial charge in [0, 0.05) is 22.8 Å². The lowest BCUT2D eigenvalue weighted by atomic mass is 10.1. The first-order valence-corrected chi connectivity index (χ1v) is 9.91. The third-order valence-electron chi connectivity index (χ3n) is 5.01. The van der Waals surface area contributed by atoms with Crippen LogP contribution in [-0.2, 0) is 16.0 Å². The van der Waals surface area contributed by atoms with E-state index in [9.17, 15) is 9.59 Å². The zero-order chi connectivity index (χ0) is 20.0. The van der Waals surface area contributed by atoms with E-state index in [0.717, 1.165) is 34.3 Å². The van der Waals surface area contributed by atoms with E-state index in [1.807, 2.05) is 51.1 Å². The van der Waals surface area contributed by atoms with Crippen LogP contribution in [0.25, 0.3) is 10.2 Å². The molecule has 28 heavy (non-hydrogen) atoms. The van der Waals surface area contributed by atoms with E-state index in [1.165, 1.54) is 11.3 Å². The van der Waals surface area contributed by atoms with Gasteiger partial charge in [0.25, 0.3) is 5.91 Å². The average molecular weight is 395 g/mol. The number of fused-ring (bicyclic) bond motifs is 2. The van der Waals surface area contributed by atoms with Crippen molar-refractivity contribution in [1.82, 2.24) is 4.98 Å². The van der Waals surface area contributed by atoms with E-state index in [1.54, 1.807) is 4.90 Å². The molecule has 0 fully saturated rings. The number of carbonyl (C=O) groups is 2. The molecule has 1 atom stereocenters. The largest absolute Gasteiger partial charge is 0.451 e. The fourth-order valence-corrected chi connectivity index (χ4v) is 4.94. The average Bonchev–Trinajstić information content (AvgIpc) is 3.15. The van der Waals surface area contributed by atoms with E-state index < -0.39 is 5.97 Å². The summed E-state index contributed by atoms with van der Waals surface area (Å²) in [7, 11) is 0. The summed E-state index contributed by atoms with van der Waals surface area (Å²) < 4.78 is 5.32. The maximum absolute atomic E-state index is 12.7. The molecule has 6 nitrogen and oxygen atoms in total. The Kier molecular flexibility index (Phi) is 4.55. The number of esters is 1. The number of aryl methyl sites for hydroxylation is 2. The number of rotatable bonds is 3. The van der Waals surface area contributed by atoms with Gasteiger partial charge in [-0.2, -0.15) is 0 Å². The molecule has 1 aromatic carbocycles. The van der Waals surface area contributed by atoms with Gasteiger partial charge in [0.2, 0.25) is 0 Å². The normalized spacial score (nSPS) is 15.7. The summed E-state index contributed by atoms with van der Waals surface area (Å²) >= 11 is 1.20. The second kappa shape index (κ2) is 6.91. The first-order chi connectivity index (χ1) is 13.4. The fraction of sp³-hybridized carbons (Fsp3) is 0.286. The highest BCUT2D eigenvalue weighted by atomic mass is 32.1. The van der Waals surface area contributed by atoms with Crippen molar-refractivity contribution in [2.75, 3.05) is 17.2 Å². The van der Waals surface area contributed by atoms with Gasteiger partial charge in [-0.25, -0.2) is 9.78 Å². The van der Waals surface area contributed by atoms with Crippen molar-refractivity contribution in [3.8, 4) is 0 Å². The molecule has 1 amide bonds. The third-order valence-corrected chi connectivity index (χ3v) is 6.09. The second-order valence-corrected chi connectivity index (χ2v) is 8.13. The van der Waals surface area contributed by atoms with Crippen molar-refractivity contribution in [2.24, 2.45) is 0 Å². The Morgan fingerprint density at radius 3 is 2.86 bits per heavy atom. The number of amides is 1. The lowest BCUT2D eigenvalue weighted by Gasteiger charge is -2.22. The van der Waals surface area contributed by atoms with Gasteiger partial charge >= 0.3 is 5.97 Å². The molecule has 2 aromatic heterocycles. The smallest absolute Gasteiger partial charge is 0.351 e. The fourth-order valence-electron chi connectivity index (χ4n) is 3.83. The number of nitrogens with zero attached hydrogens (tertiary/aromatic N) is 2. The van der Waals surface area contributed by atoms with Crippen LogP contribution in [0.15, 0.2) is 30.3 Å². The van der Waals surface area contributed by atoms with Gasteiger partial charge in [0.15, 0.2) is 6.61 Å². The number of thiophene rings is 1. The monoisotopic (exact) mass is 395 g/mol. The van der Waals surface area contributed by atoms with Crippen LogP contribution in [0.5, 0.6) is 0 Å². The van der Waals surface area contributed by atoms with E-state index in [0.29, 0.717) is 15.4 Å². The molecule has 3 heterocycles. The number of pyridine rings is 1. The Balaban J connectivity index is 1.52. The summed E-state index contributed by atoms with van der Waals surface area (Å²) in [6.45, 7) is 5.50. The van der Waals surface area contributed by atoms with Crippen LogP contribution in [0.1, 0.15) is 33.4 Å². The molecular formula is C21H21N3O3S. The first-order valence-electron chi connectivity index (χ1n) is 9.10. The summed E-state index contributed by atoms with van der Waals surface area (Å²) in [5.74, 6) is -0.832. The minimum absolute atomic E-state index is 0.0350. The Hall–Kier alpha value is -2.93. The Bertz CT molecular complexity index is 1110. The predicted octanol–water partition coefficient (Wildman–Crippen LogP) is 3.63. The van der Waals surface area contributed by atoms with Crippen LogP contribution in [0.2, 0.25) is 0 Å². The summed E-state index contributed by atoms with van der Waals surface area (Å²) in [5.41, 5.74) is 10.4. The van der Waals surface area contributed by atoms with Gasteiger partial charge in [-0.3, -0.25) is 4.79 Å². The van der Waals surface area contributed by atoms with Crippen LogP contribution in [0.4, 0.5) is 11.4 Å². The third kappa shape index (κ3) is 3.01. The molecule has 0 saturated carbocycles.